The molecule has 0 unspecified atom stereocenters. The minimum absolute atomic E-state index is 0.145. The molecule has 3 atom stereocenters. The van der Waals surface area contributed by atoms with Crippen molar-refractivity contribution < 1.29 is 4.79 Å². The van der Waals surface area contributed by atoms with Gasteiger partial charge in [0.2, 0.25) is 5.91 Å². The number of carbonyl (C=O) groups excluding carboxylic acids is 1. The van der Waals surface area contributed by atoms with Crippen molar-refractivity contribution in [2.24, 2.45) is 17.3 Å². The summed E-state index contributed by atoms with van der Waals surface area (Å²) in [6.07, 6.45) is 8.07. The predicted octanol–water partition coefficient (Wildman–Crippen LogP) is 3.25. The Morgan fingerprint density at radius 2 is 1.92 bits per heavy atom. The van der Waals surface area contributed by atoms with Crippen LogP contribution in [0.1, 0.15) is 44.1 Å². The second-order valence-corrected chi connectivity index (χ2v) is 8.45. The molecule has 1 N–H and O–H groups in total. The number of carbonyl (C=O) groups is 1. The molecule has 1 amide bonds. The van der Waals surface area contributed by atoms with Crippen molar-refractivity contribution in [1.82, 2.24) is 10.2 Å². The van der Waals surface area contributed by atoms with Gasteiger partial charge in [-0.25, -0.2) is 0 Å². The first-order valence-electron chi connectivity index (χ1n) is 9.69. The molecule has 1 heterocycles. The molecule has 0 radical (unpaired) electrons. The highest BCUT2D eigenvalue weighted by Gasteiger charge is 2.55. The van der Waals surface area contributed by atoms with E-state index in [9.17, 15) is 4.79 Å². The van der Waals surface area contributed by atoms with Crippen LogP contribution in [0.25, 0.3) is 0 Å². The van der Waals surface area contributed by atoms with Crippen LogP contribution in [0.4, 0.5) is 0 Å². The lowest BCUT2D eigenvalue weighted by molar-refractivity contribution is -0.135. The number of piperidine rings is 1. The van der Waals surface area contributed by atoms with Crippen molar-refractivity contribution in [3.63, 3.8) is 0 Å². The molecule has 0 spiro atoms. The van der Waals surface area contributed by atoms with Crippen LogP contribution in [0, 0.1) is 17.3 Å². The number of hydrogen-bond donors (Lipinski definition) is 1. The summed E-state index contributed by atoms with van der Waals surface area (Å²) in [5.74, 6) is 1.73. The molecule has 1 aromatic rings. The monoisotopic (exact) mass is 326 g/mol. The first-order chi connectivity index (χ1) is 11.7. The molecule has 1 saturated heterocycles. The van der Waals surface area contributed by atoms with Crippen LogP contribution in [-0.4, -0.2) is 37.0 Å². The second-order valence-electron chi connectivity index (χ2n) is 8.45. The lowest BCUT2D eigenvalue weighted by Gasteiger charge is -2.39. The van der Waals surface area contributed by atoms with Crippen molar-refractivity contribution in [1.29, 1.82) is 0 Å². The number of hydrogen-bond acceptors (Lipinski definition) is 2. The van der Waals surface area contributed by atoms with Gasteiger partial charge in [0.25, 0.3) is 0 Å². The van der Waals surface area contributed by atoms with E-state index in [4.69, 9.17) is 0 Å². The average molecular weight is 326 g/mol. The molecule has 0 aromatic heterocycles. The van der Waals surface area contributed by atoms with E-state index in [1.807, 2.05) is 0 Å². The van der Waals surface area contributed by atoms with E-state index in [1.54, 1.807) is 0 Å². The standard InChI is InChI=1S/C21H30N2O/c1-23-11-9-19(10-12-23)22-20(24)21(14-16-5-3-2-4-6-16)15-17-7-8-18(21)13-17/h2-6,17-19H,7-15H2,1H3,(H,22,24)/t17-,18-,21+/m0/s1. The molecular weight excluding hydrogens is 296 g/mol. The molecule has 3 aliphatic rings. The van der Waals surface area contributed by atoms with E-state index in [0.717, 1.165) is 44.7 Å². The molecule has 1 aliphatic heterocycles. The Labute approximate surface area is 145 Å². The Morgan fingerprint density at radius 3 is 2.54 bits per heavy atom. The van der Waals surface area contributed by atoms with E-state index < -0.39 is 0 Å². The van der Waals surface area contributed by atoms with Gasteiger partial charge in [0.05, 0.1) is 5.41 Å². The molecule has 3 nitrogen and oxygen atoms in total. The topological polar surface area (TPSA) is 32.3 Å². The molecule has 3 heteroatoms. The number of benzene rings is 1. The van der Waals surface area contributed by atoms with Crippen LogP contribution in [0.2, 0.25) is 0 Å². The molecule has 4 rings (SSSR count). The number of nitrogens with zero attached hydrogens (tertiary/aromatic N) is 1. The first-order valence-corrected chi connectivity index (χ1v) is 9.69. The highest BCUT2D eigenvalue weighted by atomic mass is 16.2. The van der Waals surface area contributed by atoms with Gasteiger partial charge in [-0.1, -0.05) is 36.8 Å². The molecule has 3 fully saturated rings. The molecule has 130 valence electrons. The van der Waals surface area contributed by atoms with Crippen LogP contribution >= 0.6 is 0 Å². The summed E-state index contributed by atoms with van der Waals surface area (Å²) in [5.41, 5.74) is 1.18. The highest BCUT2D eigenvalue weighted by molar-refractivity contribution is 5.84. The van der Waals surface area contributed by atoms with E-state index in [2.05, 4.69) is 47.6 Å². The Balaban J connectivity index is 1.51. The first kappa shape index (κ1) is 16.1. The van der Waals surface area contributed by atoms with Gasteiger partial charge in [-0.15, -0.1) is 0 Å². The number of nitrogens with one attached hydrogen (secondary N) is 1. The summed E-state index contributed by atoms with van der Waals surface area (Å²) < 4.78 is 0. The zero-order valence-electron chi connectivity index (χ0n) is 14.8. The zero-order valence-corrected chi connectivity index (χ0v) is 14.8. The van der Waals surface area contributed by atoms with E-state index in [-0.39, 0.29) is 5.41 Å². The van der Waals surface area contributed by atoms with Crippen LogP contribution < -0.4 is 5.32 Å². The van der Waals surface area contributed by atoms with E-state index >= 15 is 0 Å². The Kier molecular flexibility index (Phi) is 4.38. The molecular formula is C21H30N2O. The van der Waals surface area contributed by atoms with Gasteiger partial charge < -0.3 is 10.2 Å². The van der Waals surface area contributed by atoms with Crippen molar-refractivity contribution in [3.05, 3.63) is 35.9 Å². The summed E-state index contributed by atoms with van der Waals surface area (Å²) in [7, 11) is 2.17. The van der Waals surface area contributed by atoms with Gasteiger partial charge in [0.15, 0.2) is 0 Å². The third kappa shape index (κ3) is 2.99. The van der Waals surface area contributed by atoms with Crippen LogP contribution in [-0.2, 0) is 11.2 Å². The molecule has 2 saturated carbocycles. The third-order valence-corrected chi connectivity index (χ3v) is 6.84. The van der Waals surface area contributed by atoms with Crippen molar-refractivity contribution in [3.8, 4) is 0 Å². The third-order valence-electron chi connectivity index (χ3n) is 6.84. The lowest BCUT2D eigenvalue weighted by Crippen LogP contribution is -2.51. The maximum absolute atomic E-state index is 13.4. The second kappa shape index (κ2) is 6.51. The largest absolute Gasteiger partial charge is 0.353 e. The van der Waals surface area contributed by atoms with Crippen molar-refractivity contribution in [2.75, 3.05) is 20.1 Å². The average Bonchev–Trinajstić information content (AvgIpc) is 3.19. The quantitative estimate of drug-likeness (QED) is 0.921. The predicted molar refractivity (Wildman–Crippen MR) is 96.7 cm³/mol. The molecule has 2 bridgehead atoms. The number of fused-ring (bicyclic) bond motifs is 2. The minimum atomic E-state index is -0.145. The fraction of sp³-hybridized carbons (Fsp3) is 0.667. The molecule has 2 aliphatic carbocycles. The Bertz CT molecular complexity index is 579. The van der Waals surface area contributed by atoms with Crippen LogP contribution in [0.3, 0.4) is 0 Å². The van der Waals surface area contributed by atoms with Crippen LogP contribution in [0.5, 0.6) is 0 Å². The normalized spacial score (nSPS) is 33.7. The fourth-order valence-corrected chi connectivity index (χ4v) is 5.46. The summed E-state index contributed by atoms with van der Waals surface area (Å²) in [5, 5.41) is 3.46. The summed E-state index contributed by atoms with van der Waals surface area (Å²) in [6, 6.07) is 11.0. The minimum Gasteiger partial charge on any atom is -0.353 e. The summed E-state index contributed by atoms with van der Waals surface area (Å²) in [6.45, 7) is 2.20. The van der Waals surface area contributed by atoms with Gasteiger partial charge in [0.1, 0.15) is 0 Å². The number of likely N-dealkylation sites (tertiary alicyclic amines) is 1. The smallest absolute Gasteiger partial charge is 0.227 e. The van der Waals surface area contributed by atoms with E-state index in [0.29, 0.717) is 17.9 Å². The van der Waals surface area contributed by atoms with Crippen LogP contribution in [0.15, 0.2) is 30.3 Å². The van der Waals surface area contributed by atoms with Gasteiger partial charge in [-0.3, -0.25) is 4.79 Å². The van der Waals surface area contributed by atoms with Gasteiger partial charge in [0, 0.05) is 6.04 Å². The fourth-order valence-electron chi connectivity index (χ4n) is 5.46. The van der Waals surface area contributed by atoms with Crippen molar-refractivity contribution >= 4 is 5.91 Å². The maximum Gasteiger partial charge on any atom is 0.227 e. The zero-order chi connectivity index (χ0) is 16.6. The Hall–Kier alpha value is -1.35. The molecule has 24 heavy (non-hydrogen) atoms. The number of amides is 1. The van der Waals surface area contributed by atoms with Gasteiger partial charge >= 0.3 is 0 Å². The number of rotatable bonds is 4. The Morgan fingerprint density at radius 1 is 1.17 bits per heavy atom. The highest BCUT2D eigenvalue weighted by Crippen LogP contribution is 2.57. The SMILES string of the molecule is CN1CCC(NC(=O)[C@]2(Cc3ccccc3)C[C@H]3CC[C@H]2C3)CC1. The maximum atomic E-state index is 13.4. The van der Waals surface area contributed by atoms with Gasteiger partial charge in [-0.05, 0) is 76.1 Å². The lowest BCUT2D eigenvalue weighted by atomic mass is 9.68. The summed E-state index contributed by atoms with van der Waals surface area (Å²) in [4.78, 5) is 15.7. The van der Waals surface area contributed by atoms with E-state index in [1.165, 1.54) is 24.8 Å². The summed E-state index contributed by atoms with van der Waals surface area (Å²) >= 11 is 0. The van der Waals surface area contributed by atoms with Crippen molar-refractivity contribution in [2.45, 2.75) is 51.0 Å². The molecule has 1 aromatic carbocycles. The van der Waals surface area contributed by atoms with Gasteiger partial charge in [-0.2, -0.15) is 0 Å².